The highest BCUT2D eigenvalue weighted by molar-refractivity contribution is 9.10. The molecule has 0 bridgehead atoms. The Labute approximate surface area is 123 Å². The minimum Gasteiger partial charge on any atom is -0.465 e. The predicted molar refractivity (Wildman–Crippen MR) is 77.5 cm³/mol. The Kier molecular flexibility index (Phi) is 8.82. The fourth-order valence-corrected chi connectivity index (χ4v) is 1.64. The van der Waals surface area contributed by atoms with Crippen LogP contribution in [0.25, 0.3) is 0 Å². The maximum Gasteiger partial charge on any atom is 0.197 e. The van der Waals surface area contributed by atoms with Crippen molar-refractivity contribution < 1.29 is 18.9 Å². The molecule has 4 nitrogen and oxygen atoms in total. The van der Waals surface area contributed by atoms with Gasteiger partial charge in [-0.1, -0.05) is 15.9 Å². The summed E-state index contributed by atoms with van der Waals surface area (Å²) in [5.74, 6) is 0.785. The van der Waals surface area contributed by atoms with Gasteiger partial charge in [-0.15, -0.1) is 0 Å². The van der Waals surface area contributed by atoms with Gasteiger partial charge in [-0.25, -0.2) is 0 Å². The zero-order valence-corrected chi connectivity index (χ0v) is 13.0. The van der Waals surface area contributed by atoms with Crippen LogP contribution in [0.1, 0.15) is 13.8 Å². The van der Waals surface area contributed by atoms with Crippen LogP contribution >= 0.6 is 15.9 Å². The van der Waals surface area contributed by atoms with Crippen LogP contribution in [0, 0.1) is 0 Å². The average molecular weight is 333 g/mol. The van der Waals surface area contributed by atoms with E-state index < -0.39 is 0 Å². The van der Waals surface area contributed by atoms with Crippen LogP contribution in [0.15, 0.2) is 28.7 Å². The van der Waals surface area contributed by atoms with Gasteiger partial charge in [-0.05, 0) is 38.1 Å². The first-order chi connectivity index (χ1) is 9.22. The molecule has 0 amide bonds. The van der Waals surface area contributed by atoms with Gasteiger partial charge in [0.05, 0.1) is 26.4 Å². The summed E-state index contributed by atoms with van der Waals surface area (Å²) in [5.41, 5.74) is 0. The van der Waals surface area contributed by atoms with E-state index in [0.29, 0.717) is 26.4 Å². The smallest absolute Gasteiger partial charge is 0.197 e. The highest BCUT2D eigenvalue weighted by Crippen LogP contribution is 2.17. The lowest BCUT2D eigenvalue weighted by molar-refractivity contribution is -0.0859. The summed E-state index contributed by atoms with van der Waals surface area (Å²) in [6, 6.07) is 7.64. The molecule has 0 aliphatic heterocycles. The molecule has 0 aliphatic rings. The normalized spacial score (nSPS) is 12.4. The van der Waals surface area contributed by atoms with Crippen molar-refractivity contribution in [2.45, 2.75) is 20.1 Å². The second-order valence-corrected chi connectivity index (χ2v) is 4.74. The Balaban J connectivity index is 2.04. The second-order valence-electron chi connectivity index (χ2n) is 3.82. The monoisotopic (exact) mass is 332 g/mol. The molecule has 0 aliphatic carbocycles. The van der Waals surface area contributed by atoms with Gasteiger partial charge in [0, 0.05) is 11.1 Å². The van der Waals surface area contributed by atoms with E-state index in [1.807, 2.05) is 38.1 Å². The number of benzene rings is 1. The summed E-state index contributed by atoms with van der Waals surface area (Å²) in [5, 5.41) is 0. The minimum absolute atomic E-state index is 0.295. The van der Waals surface area contributed by atoms with Gasteiger partial charge in [0.2, 0.25) is 0 Å². The Morgan fingerprint density at radius 1 is 1.00 bits per heavy atom. The van der Waals surface area contributed by atoms with Crippen molar-refractivity contribution in [1.82, 2.24) is 0 Å². The summed E-state index contributed by atoms with van der Waals surface area (Å²) in [4.78, 5) is 0. The van der Waals surface area contributed by atoms with E-state index in [1.165, 1.54) is 0 Å². The lowest BCUT2D eigenvalue weighted by atomic mass is 10.3. The maximum atomic E-state index is 5.59. The first kappa shape index (κ1) is 16.4. The standard InChI is InChI=1S/C14H21BrO4/c1-3-16-8-9-17-10-11-18-12(2)19-14-6-4-13(15)5-7-14/h4-7,12H,3,8-11H2,1-2H3. The predicted octanol–water partition coefficient (Wildman–Crippen LogP) is 3.24. The number of halogens is 1. The van der Waals surface area contributed by atoms with E-state index in [-0.39, 0.29) is 6.29 Å². The van der Waals surface area contributed by atoms with Crippen LogP contribution in [0.5, 0.6) is 5.75 Å². The van der Waals surface area contributed by atoms with E-state index in [1.54, 1.807) is 0 Å². The number of rotatable bonds is 10. The molecule has 1 aromatic rings. The molecule has 5 heteroatoms. The first-order valence-corrected chi connectivity index (χ1v) is 7.21. The first-order valence-electron chi connectivity index (χ1n) is 6.41. The summed E-state index contributed by atoms with van der Waals surface area (Å²) < 4.78 is 22.6. The third-order valence-corrected chi connectivity index (χ3v) is 2.80. The van der Waals surface area contributed by atoms with Crippen LogP contribution in [0.3, 0.4) is 0 Å². The lowest BCUT2D eigenvalue weighted by Gasteiger charge is -2.15. The van der Waals surface area contributed by atoms with Crippen LogP contribution in [-0.2, 0) is 14.2 Å². The zero-order valence-electron chi connectivity index (χ0n) is 11.4. The molecule has 0 spiro atoms. The van der Waals surface area contributed by atoms with Crippen molar-refractivity contribution in [3.05, 3.63) is 28.7 Å². The van der Waals surface area contributed by atoms with Gasteiger partial charge in [0.25, 0.3) is 0 Å². The van der Waals surface area contributed by atoms with Crippen molar-refractivity contribution in [1.29, 1.82) is 0 Å². The zero-order chi connectivity index (χ0) is 13.9. The number of ether oxygens (including phenoxy) is 4. The molecule has 0 radical (unpaired) electrons. The highest BCUT2D eigenvalue weighted by Gasteiger charge is 2.03. The summed E-state index contributed by atoms with van der Waals surface area (Å²) in [6.07, 6.45) is -0.295. The molecule has 0 saturated carbocycles. The van der Waals surface area contributed by atoms with E-state index in [2.05, 4.69) is 15.9 Å². The fraction of sp³-hybridized carbons (Fsp3) is 0.571. The Morgan fingerprint density at radius 3 is 2.32 bits per heavy atom. The van der Waals surface area contributed by atoms with E-state index in [0.717, 1.165) is 16.8 Å². The van der Waals surface area contributed by atoms with Crippen LogP contribution in [0.2, 0.25) is 0 Å². The second kappa shape index (κ2) is 10.2. The molecular weight excluding hydrogens is 312 g/mol. The maximum absolute atomic E-state index is 5.59. The van der Waals surface area contributed by atoms with Crippen molar-refractivity contribution in [3.63, 3.8) is 0 Å². The molecule has 108 valence electrons. The van der Waals surface area contributed by atoms with Crippen LogP contribution in [-0.4, -0.2) is 39.3 Å². The molecule has 1 aromatic carbocycles. The number of hydrogen-bond acceptors (Lipinski definition) is 4. The molecule has 0 N–H and O–H groups in total. The SMILES string of the molecule is CCOCCOCCOC(C)Oc1ccc(Br)cc1. The van der Waals surface area contributed by atoms with Gasteiger partial charge in [0.15, 0.2) is 6.29 Å². The van der Waals surface area contributed by atoms with Crippen molar-refractivity contribution >= 4 is 15.9 Å². The molecule has 0 aromatic heterocycles. The summed E-state index contributed by atoms with van der Waals surface area (Å²) in [6.45, 7) is 6.82. The molecule has 0 fully saturated rings. The molecular formula is C14H21BrO4. The van der Waals surface area contributed by atoms with Crippen LogP contribution < -0.4 is 4.74 Å². The quantitative estimate of drug-likeness (QED) is 0.487. The van der Waals surface area contributed by atoms with Gasteiger partial charge in [-0.3, -0.25) is 0 Å². The third kappa shape index (κ3) is 8.21. The molecule has 1 atom stereocenters. The molecule has 0 saturated heterocycles. The van der Waals surface area contributed by atoms with Gasteiger partial charge < -0.3 is 18.9 Å². The van der Waals surface area contributed by atoms with Gasteiger partial charge in [-0.2, -0.15) is 0 Å². The van der Waals surface area contributed by atoms with E-state index in [9.17, 15) is 0 Å². The Bertz CT molecular complexity index is 329. The molecule has 19 heavy (non-hydrogen) atoms. The van der Waals surface area contributed by atoms with Crippen molar-refractivity contribution in [2.24, 2.45) is 0 Å². The largest absolute Gasteiger partial charge is 0.465 e. The summed E-state index contributed by atoms with van der Waals surface area (Å²) >= 11 is 3.38. The molecule has 1 unspecified atom stereocenters. The Hall–Kier alpha value is -0.620. The molecule has 0 heterocycles. The minimum atomic E-state index is -0.295. The topological polar surface area (TPSA) is 36.9 Å². The van der Waals surface area contributed by atoms with E-state index >= 15 is 0 Å². The lowest BCUT2D eigenvalue weighted by Crippen LogP contribution is -2.19. The van der Waals surface area contributed by atoms with E-state index in [4.69, 9.17) is 18.9 Å². The van der Waals surface area contributed by atoms with Crippen molar-refractivity contribution in [3.8, 4) is 5.75 Å². The molecule has 1 rings (SSSR count). The van der Waals surface area contributed by atoms with Gasteiger partial charge in [0.1, 0.15) is 5.75 Å². The highest BCUT2D eigenvalue weighted by atomic mass is 79.9. The van der Waals surface area contributed by atoms with Gasteiger partial charge >= 0.3 is 0 Å². The van der Waals surface area contributed by atoms with Crippen LogP contribution in [0.4, 0.5) is 0 Å². The Morgan fingerprint density at radius 2 is 1.63 bits per heavy atom. The number of hydrogen-bond donors (Lipinski definition) is 0. The third-order valence-electron chi connectivity index (χ3n) is 2.27. The summed E-state index contributed by atoms with van der Waals surface area (Å²) in [7, 11) is 0. The fourth-order valence-electron chi connectivity index (χ4n) is 1.38. The average Bonchev–Trinajstić information content (AvgIpc) is 2.40. The van der Waals surface area contributed by atoms with Crippen molar-refractivity contribution in [2.75, 3.05) is 33.0 Å².